The summed E-state index contributed by atoms with van der Waals surface area (Å²) in [6, 6.07) is 28.1. The first-order chi connectivity index (χ1) is 17.4. The summed E-state index contributed by atoms with van der Waals surface area (Å²) < 4.78 is 4.89. The van der Waals surface area contributed by atoms with Gasteiger partial charge in [-0.25, -0.2) is 4.58 Å². The van der Waals surface area contributed by atoms with Crippen molar-refractivity contribution in [3.63, 3.8) is 0 Å². The van der Waals surface area contributed by atoms with E-state index >= 15 is 0 Å². The highest BCUT2D eigenvalue weighted by Gasteiger charge is 2.31. The predicted octanol–water partition coefficient (Wildman–Crippen LogP) is 9.77. The number of fused-ring (bicyclic) bond motifs is 6. The largest absolute Gasteiger partial charge is 0.248 e. The molecule has 5 aromatic rings. The van der Waals surface area contributed by atoms with Crippen molar-refractivity contribution in [2.45, 2.75) is 40.5 Å². The monoisotopic (exact) mass is 487 g/mol. The van der Waals surface area contributed by atoms with Crippen LogP contribution in [-0.4, -0.2) is 11.3 Å². The molecule has 0 saturated carbocycles. The summed E-state index contributed by atoms with van der Waals surface area (Å²) in [7, 11) is 0. The van der Waals surface area contributed by atoms with Gasteiger partial charge in [-0.2, -0.15) is 0 Å². The Balaban J connectivity index is 1.62. The minimum atomic E-state index is 0.567. The zero-order chi connectivity index (χ0) is 25.0. The SMILES string of the molecule is C=[N+]1c2ccc3ccccc3c2C(CC(C)C)=C[C-]1c1cc(CC(C)C)cc2c1[s+][c-]1ccccc21. The van der Waals surface area contributed by atoms with Crippen molar-refractivity contribution >= 4 is 60.3 Å². The van der Waals surface area contributed by atoms with Gasteiger partial charge in [0.25, 0.3) is 0 Å². The molecule has 2 heterocycles. The van der Waals surface area contributed by atoms with E-state index in [0.717, 1.165) is 12.8 Å². The Morgan fingerprint density at radius 2 is 1.64 bits per heavy atom. The van der Waals surface area contributed by atoms with Gasteiger partial charge in [-0.15, -0.1) is 18.2 Å². The molecule has 1 aromatic heterocycles. The number of thiophene rings is 1. The molecule has 1 nitrogen and oxygen atoms in total. The Labute approximate surface area is 218 Å². The van der Waals surface area contributed by atoms with E-state index in [0.29, 0.717) is 11.8 Å². The summed E-state index contributed by atoms with van der Waals surface area (Å²) in [6.45, 7) is 13.9. The fraction of sp³-hybridized carbons (Fsp3) is 0.235. The number of allylic oxidation sites excluding steroid dienone is 1. The molecule has 1 aliphatic heterocycles. The Morgan fingerprint density at radius 3 is 2.44 bits per heavy atom. The molecule has 0 atom stereocenters. The lowest BCUT2D eigenvalue weighted by Crippen LogP contribution is -2.19. The first-order valence-electron chi connectivity index (χ1n) is 13.1. The Bertz CT molecular complexity index is 1660. The van der Waals surface area contributed by atoms with Crippen molar-refractivity contribution in [2.24, 2.45) is 11.8 Å². The minimum Gasteiger partial charge on any atom is -0.248 e. The molecule has 1 aliphatic rings. The molecule has 0 amide bonds. The average Bonchev–Trinajstić information content (AvgIpc) is 3.23. The third-order valence-electron chi connectivity index (χ3n) is 7.21. The zero-order valence-corrected chi connectivity index (χ0v) is 22.5. The number of hydrogen-bond acceptors (Lipinski definition) is 0. The van der Waals surface area contributed by atoms with E-state index in [1.54, 1.807) is 0 Å². The van der Waals surface area contributed by atoms with Crippen LogP contribution in [0.2, 0.25) is 0 Å². The molecule has 0 saturated heterocycles. The van der Waals surface area contributed by atoms with E-state index in [-0.39, 0.29) is 0 Å². The molecule has 0 radical (unpaired) electrons. The van der Waals surface area contributed by atoms with Crippen LogP contribution in [0.4, 0.5) is 5.69 Å². The maximum atomic E-state index is 4.62. The van der Waals surface area contributed by atoms with Gasteiger partial charge in [0, 0.05) is 11.1 Å². The summed E-state index contributed by atoms with van der Waals surface area (Å²) in [4.78, 5) is 0. The summed E-state index contributed by atoms with van der Waals surface area (Å²) >= 11 is 1.91. The van der Waals surface area contributed by atoms with Crippen molar-refractivity contribution in [3.8, 4) is 0 Å². The van der Waals surface area contributed by atoms with Crippen LogP contribution in [0.3, 0.4) is 0 Å². The fourth-order valence-corrected chi connectivity index (χ4v) is 6.96. The molecule has 4 aromatic carbocycles. The molecule has 0 N–H and O–H groups in total. The minimum absolute atomic E-state index is 0.567. The highest BCUT2D eigenvalue weighted by Crippen LogP contribution is 2.47. The van der Waals surface area contributed by atoms with Crippen molar-refractivity contribution in [2.75, 3.05) is 0 Å². The van der Waals surface area contributed by atoms with Gasteiger partial charge in [0.05, 0.1) is 6.72 Å². The van der Waals surface area contributed by atoms with Crippen LogP contribution in [-0.2, 0) is 6.42 Å². The summed E-state index contributed by atoms with van der Waals surface area (Å²) in [5.41, 5.74) is 6.66. The quantitative estimate of drug-likeness (QED) is 0.132. The molecule has 0 aliphatic carbocycles. The van der Waals surface area contributed by atoms with Crippen LogP contribution in [0.25, 0.3) is 36.5 Å². The van der Waals surface area contributed by atoms with Gasteiger partial charge in [-0.3, -0.25) is 0 Å². The zero-order valence-electron chi connectivity index (χ0n) is 21.6. The lowest BCUT2D eigenvalue weighted by atomic mass is 9.85. The summed E-state index contributed by atoms with van der Waals surface area (Å²) in [5, 5.41) is 5.32. The van der Waals surface area contributed by atoms with Gasteiger partial charge >= 0.3 is 0 Å². The second-order valence-corrected chi connectivity index (χ2v) is 12.0. The molecule has 2 heteroatoms. The molecular weight excluding hydrogens is 454 g/mol. The third kappa shape index (κ3) is 3.85. The van der Waals surface area contributed by atoms with Crippen LogP contribution in [0.15, 0.2) is 78.9 Å². The smallest absolute Gasteiger partial charge is 0.160 e. The van der Waals surface area contributed by atoms with Crippen molar-refractivity contribution in [1.29, 1.82) is 0 Å². The molecule has 0 spiro atoms. The maximum absolute atomic E-state index is 4.62. The molecule has 0 unspecified atom stereocenters. The van der Waals surface area contributed by atoms with E-state index in [2.05, 4.69) is 118 Å². The first-order valence-corrected chi connectivity index (χ1v) is 13.9. The second kappa shape index (κ2) is 8.94. The standard InChI is InChI=1S/C34H33NS/c1-21(2)16-23-18-28-27-12-8-9-13-32(27)36-34(28)29(19-23)31-20-25(17-22(3)4)33-26-11-7-6-10-24(26)14-15-30(33)35(31)5/h6-15,18-22H,5,16-17H2,1-4H3. The van der Waals surface area contributed by atoms with Gasteiger partial charge in [0.1, 0.15) is 11.3 Å². The molecular formula is C34H33NS. The van der Waals surface area contributed by atoms with Gasteiger partial charge in [0.2, 0.25) is 0 Å². The molecule has 36 heavy (non-hydrogen) atoms. The summed E-state index contributed by atoms with van der Waals surface area (Å²) in [5.74, 6) is 1.17. The molecule has 180 valence electrons. The molecule has 0 bridgehead atoms. The number of benzene rings is 4. The van der Waals surface area contributed by atoms with E-state index in [4.69, 9.17) is 0 Å². The van der Waals surface area contributed by atoms with Gasteiger partial charge < -0.3 is 0 Å². The number of hydrogen-bond donors (Lipinski definition) is 0. The highest BCUT2D eigenvalue weighted by molar-refractivity contribution is 7.26. The van der Waals surface area contributed by atoms with Crippen LogP contribution in [0.1, 0.15) is 50.8 Å². The number of rotatable bonds is 5. The van der Waals surface area contributed by atoms with E-state index in [9.17, 15) is 0 Å². The Morgan fingerprint density at radius 1 is 0.861 bits per heavy atom. The van der Waals surface area contributed by atoms with Crippen molar-refractivity contribution < 1.29 is 4.58 Å². The average molecular weight is 488 g/mol. The Kier molecular flexibility index (Phi) is 5.73. The molecule has 0 fully saturated rings. The maximum Gasteiger partial charge on any atom is 0.160 e. The van der Waals surface area contributed by atoms with Gasteiger partial charge in [-0.1, -0.05) is 92.7 Å². The lowest BCUT2D eigenvalue weighted by molar-refractivity contribution is -0.400. The van der Waals surface area contributed by atoms with Gasteiger partial charge in [-0.05, 0) is 53.0 Å². The molecule has 6 rings (SSSR count). The fourth-order valence-electron chi connectivity index (χ4n) is 5.76. The Hall–Kier alpha value is -3.36. The van der Waals surface area contributed by atoms with Crippen LogP contribution in [0.5, 0.6) is 0 Å². The second-order valence-electron chi connectivity index (χ2n) is 11.0. The van der Waals surface area contributed by atoms with E-state index < -0.39 is 0 Å². The van der Waals surface area contributed by atoms with Crippen LogP contribution < -0.4 is 0 Å². The van der Waals surface area contributed by atoms with Crippen molar-refractivity contribution in [3.05, 3.63) is 102 Å². The normalized spacial score (nSPS) is 13.9. The van der Waals surface area contributed by atoms with Crippen LogP contribution in [0, 0.1) is 17.9 Å². The van der Waals surface area contributed by atoms with Crippen molar-refractivity contribution in [1.82, 2.24) is 0 Å². The predicted molar refractivity (Wildman–Crippen MR) is 159 cm³/mol. The van der Waals surface area contributed by atoms with Gasteiger partial charge in [0.15, 0.2) is 21.1 Å². The highest BCUT2D eigenvalue weighted by atomic mass is 32.1. The third-order valence-corrected chi connectivity index (χ3v) is 8.43. The van der Waals surface area contributed by atoms with E-state index in [1.807, 2.05) is 11.3 Å². The van der Waals surface area contributed by atoms with E-state index in [1.165, 1.54) is 64.9 Å². The topological polar surface area (TPSA) is 3.01 Å². The number of nitrogens with zero attached hydrogens (tertiary/aromatic N) is 1. The van der Waals surface area contributed by atoms with Crippen LogP contribution >= 0.6 is 11.3 Å². The lowest BCUT2D eigenvalue weighted by Gasteiger charge is -2.29. The first kappa shape index (κ1) is 23.1. The summed E-state index contributed by atoms with van der Waals surface area (Å²) in [6.07, 6.45) is 4.54.